The van der Waals surface area contributed by atoms with Crippen molar-refractivity contribution in [2.75, 3.05) is 19.7 Å². The van der Waals surface area contributed by atoms with Gasteiger partial charge in [-0.15, -0.1) is 11.3 Å². The summed E-state index contributed by atoms with van der Waals surface area (Å²) in [4.78, 5) is 2.60. The second-order valence-corrected chi connectivity index (χ2v) is 6.53. The lowest BCUT2D eigenvalue weighted by Crippen LogP contribution is -2.33. The van der Waals surface area contributed by atoms with Gasteiger partial charge in [0.25, 0.3) is 0 Å². The molecule has 17 heavy (non-hydrogen) atoms. The van der Waals surface area contributed by atoms with Crippen molar-refractivity contribution in [3.8, 4) is 0 Å². The van der Waals surface area contributed by atoms with E-state index in [1.54, 1.807) is 11.3 Å². The summed E-state index contributed by atoms with van der Waals surface area (Å²) < 4.78 is 6.78. The molecule has 5 heteroatoms. The van der Waals surface area contributed by atoms with E-state index < -0.39 is 0 Å². The van der Waals surface area contributed by atoms with Crippen LogP contribution in [0.1, 0.15) is 28.6 Å². The molecule has 0 aliphatic carbocycles. The molecule has 1 saturated heterocycles. The lowest BCUT2D eigenvalue weighted by Gasteiger charge is -2.18. The maximum Gasteiger partial charge on any atom is 0.0700 e. The van der Waals surface area contributed by atoms with E-state index in [2.05, 4.69) is 34.2 Å². The predicted octanol–water partition coefficient (Wildman–Crippen LogP) is 2.59. The number of thiophene rings is 1. The van der Waals surface area contributed by atoms with Crippen LogP contribution in [-0.2, 0) is 4.74 Å². The van der Waals surface area contributed by atoms with Gasteiger partial charge in [0, 0.05) is 33.9 Å². The van der Waals surface area contributed by atoms with Crippen molar-refractivity contribution in [3.05, 3.63) is 20.3 Å². The van der Waals surface area contributed by atoms with Gasteiger partial charge >= 0.3 is 0 Å². The normalized spacial score (nSPS) is 21.9. The molecule has 0 aromatic carbocycles. The van der Waals surface area contributed by atoms with E-state index in [1.165, 1.54) is 20.6 Å². The van der Waals surface area contributed by atoms with Gasteiger partial charge in [-0.3, -0.25) is 0 Å². The van der Waals surface area contributed by atoms with Gasteiger partial charge in [-0.2, -0.15) is 0 Å². The zero-order valence-electron chi connectivity index (χ0n) is 10.0. The minimum atomic E-state index is 0.245. The maximum atomic E-state index is 5.84. The van der Waals surface area contributed by atoms with Crippen molar-refractivity contribution < 1.29 is 4.74 Å². The molecular formula is C12H19BrN2OS. The van der Waals surface area contributed by atoms with E-state index in [4.69, 9.17) is 10.5 Å². The molecule has 1 aliphatic rings. The summed E-state index contributed by atoms with van der Waals surface area (Å²) in [6.45, 7) is 4.55. The van der Waals surface area contributed by atoms with E-state index in [1.807, 2.05) is 0 Å². The van der Waals surface area contributed by atoms with Crippen LogP contribution in [0, 0.1) is 6.92 Å². The number of rotatable bonds is 5. The fraction of sp³-hybridized carbons (Fsp3) is 0.667. The standard InChI is InChI=1S/C12H19BrN2OS/c1-8-10(13)5-12(17-8)11(6-14)15-7-9-3-2-4-16-9/h5,9,11,15H,2-4,6-7,14H2,1H3. The van der Waals surface area contributed by atoms with Gasteiger partial charge in [-0.25, -0.2) is 0 Å². The fourth-order valence-corrected chi connectivity index (χ4v) is 3.68. The Bertz CT molecular complexity index is 344. The van der Waals surface area contributed by atoms with Gasteiger partial charge in [0.2, 0.25) is 0 Å². The molecule has 0 radical (unpaired) electrons. The molecule has 3 nitrogen and oxygen atoms in total. The number of aryl methyl sites for hydroxylation is 1. The Morgan fingerprint density at radius 2 is 2.53 bits per heavy atom. The number of nitrogens with one attached hydrogen (secondary N) is 1. The number of hydrogen-bond acceptors (Lipinski definition) is 4. The molecule has 2 unspecified atom stereocenters. The van der Waals surface area contributed by atoms with Crippen LogP contribution in [0.3, 0.4) is 0 Å². The summed E-state index contributed by atoms with van der Waals surface area (Å²) in [6.07, 6.45) is 2.72. The summed E-state index contributed by atoms with van der Waals surface area (Å²) >= 11 is 5.35. The average Bonchev–Trinajstić information content (AvgIpc) is 2.91. The molecule has 0 spiro atoms. The lowest BCUT2D eigenvalue weighted by atomic mass is 10.2. The molecule has 0 bridgehead atoms. The molecule has 3 N–H and O–H groups in total. The largest absolute Gasteiger partial charge is 0.377 e. The van der Waals surface area contributed by atoms with Crippen LogP contribution in [0.25, 0.3) is 0 Å². The zero-order chi connectivity index (χ0) is 12.3. The smallest absolute Gasteiger partial charge is 0.0700 e. The van der Waals surface area contributed by atoms with E-state index in [9.17, 15) is 0 Å². The monoisotopic (exact) mass is 318 g/mol. The zero-order valence-corrected chi connectivity index (χ0v) is 12.4. The van der Waals surface area contributed by atoms with Crippen LogP contribution in [0.15, 0.2) is 10.5 Å². The molecule has 2 heterocycles. The number of nitrogens with two attached hydrogens (primary N) is 1. The Morgan fingerprint density at radius 3 is 3.06 bits per heavy atom. The lowest BCUT2D eigenvalue weighted by molar-refractivity contribution is 0.108. The molecule has 1 aromatic rings. The quantitative estimate of drug-likeness (QED) is 0.877. The molecule has 0 amide bonds. The van der Waals surface area contributed by atoms with E-state index in [0.717, 1.165) is 19.6 Å². The van der Waals surface area contributed by atoms with Crippen LogP contribution in [-0.4, -0.2) is 25.8 Å². The first-order valence-electron chi connectivity index (χ1n) is 6.01. The first kappa shape index (κ1) is 13.5. The fourth-order valence-electron chi connectivity index (χ4n) is 2.03. The topological polar surface area (TPSA) is 47.3 Å². The SMILES string of the molecule is Cc1sc(C(CN)NCC2CCCO2)cc1Br. The molecule has 1 aliphatic heterocycles. The van der Waals surface area contributed by atoms with Crippen molar-refractivity contribution in [2.24, 2.45) is 5.73 Å². The van der Waals surface area contributed by atoms with E-state index >= 15 is 0 Å². The van der Waals surface area contributed by atoms with Crippen LogP contribution < -0.4 is 11.1 Å². The van der Waals surface area contributed by atoms with Crippen molar-refractivity contribution >= 4 is 27.3 Å². The van der Waals surface area contributed by atoms with Gasteiger partial charge < -0.3 is 15.8 Å². The summed E-state index contributed by atoms with van der Waals surface area (Å²) in [5.74, 6) is 0. The van der Waals surface area contributed by atoms with Crippen molar-refractivity contribution in [2.45, 2.75) is 31.9 Å². The third-order valence-electron chi connectivity index (χ3n) is 3.07. The maximum absolute atomic E-state index is 5.84. The Kier molecular flexibility index (Phi) is 4.99. The summed E-state index contributed by atoms with van der Waals surface area (Å²) in [5, 5.41) is 3.51. The van der Waals surface area contributed by atoms with Gasteiger partial charge in [0.05, 0.1) is 12.1 Å². The Morgan fingerprint density at radius 1 is 1.71 bits per heavy atom. The third kappa shape index (κ3) is 3.51. The van der Waals surface area contributed by atoms with E-state index in [-0.39, 0.29) is 6.04 Å². The van der Waals surface area contributed by atoms with Gasteiger partial charge in [0.15, 0.2) is 0 Å². The van der Waals surface area contributed by atoms with Gasteiger partial charge in [0.1, 0.15) is 0 Å². The number of hydrogen-bond donors (Lipinski definition) is 2. The summed E-state index contributed by atoms with van der Waals surface area (Å²) in [5.41, 5.74) is 5.84. The van der Waals surface area contributed by atoms with Crippen molar-refractivity contribution in [3.63, 3.8) is 0 Å². The molecule has 2 rings (SSSR count). The molecule has 1 fully saturated rings. The molecular weight excluding hydrogens is 300 g/mol. The average molecular weight is 319 g/mol. The predicted molar refractivity (Wildman–Crippen MR) is 75.5 cm³/mol. The Balaban J connectivity index is 1.91. The third-order valence-corrected chi connectivity index (χ3v) is 5.32. The first-order valence-corrected chi connectivity index (χ1v) is 7.62. The van der Waals surface area contributed by atoms with Gasteiger partial charge in [-0.05, 0) is 41.8 Å². The summed E-state index contributed by atoms with van der Waals surface area (Å²) in [6, 6.07) is 2.41. The second-order valence-electron chi connectivity index (χ2n) is 4.38. The Hall–Kier alpha value is 0.0600. The van der Waals surface area contributed by atoms with Crippen LogP contribution in [0.4, 0.5) is 0 Å². The molecule has 2 atom stereocenters. The molecule has 96 valence electrons. The summed E-state index contributed by atoms with van der Waals surface area (Å²) in [7, 11) is 0. The number of halogens is 1. The van der Waals surface area contributed by atoms with Crippen LogP contribution in [0.5, 0.6) is 0 Å². The highest BCUT2D eigenvalue weighted by molar-refractivity contribution is 9.10. The first-order chi connectivity index (χ1) is 8.20. The van der Waals surface area contributed by atoms with Gasteiger partial charge in [-0.1, -0.05) is 0 Å². The number of ether oxygens (including phenoxy) is 1. The van der Waals surface area contributed by atoms with Crippen molar-refractivity contribution in [1.29, 1.82) is 0 Å². The highest BCUT2D eigenvalue weighted by Gasteiger charge is 2.19. The van der Waals surface area contributed by atoms with Crippen molar-refractivity contribution in [1.82, 2.24) is 5.32 Å². The second kappa shape index (κ2) is 6.29. The highest BCUT2D eigenvalue weighted by Crippen LogP contribution is 2.30. The molecule has 1 aromatic heterocycles. The minimum Gasteiger partial charge on any atom is -0.377 e. The van der Waals surface area contributed by atoms with Crippen LogP contribution >= 0.6 is 27.3 Å². The van der Waals surface area contributed by atoms with Crippen LogP contribution in [0.2, 0.25) is 0 Å². The molecule has 0 saturated carbocycles. The highest BCUT2D eigenvalue weighted by atomic mass is 79.9. The minimum absolute atomic E-state index is 0.245. The Labute approximate surface area is 115 Å². The van der Waals surface area contributed by atoms with E-state index in [0.29, 0.717) is 12.6 Å².